The van der Waals surface area contributed by atoms with E-state index in [1.165, 1.54) is 13.3 Å². The van der Waals surface area contributed by atoms with E-state index in [0.717, 1.165) is 0 Å². The molecule has 0 aliphatic heterocycles. The van der Waals surface area contributed by atoms with Gasteiger partial charge in [-0.1, -0.05) is 6.07 Å². The number of nitrogens with one attached hydrogen (secondary N) is 3. The molecule has 0 spiro atoms. The van der Waals surface area contributed by atoms with Gasteiger partial charge in [-0.05, 0) is 18.2 Å². The SMILES string of the molecule is CC(=O)Nc1cccc(C(=O)NCc2ncn[nH]2)c1. The Morgan fingerprint density at radius 1 is 1.37 bits per heavy atom. The molecule has 0 atom stereocenters. The highest BCUT2D eigenvalue weighted by atomic mass is 16.2. The molecule has 0 saturated carbocycles. The van der Waals surface area contributed by atoms with Crippen molar-refractivity contribution in [1.82, 2.24) is 20.5 Å². The van der Waals surface area contributed by atoms with E-state index < -0.39 is 0 Å². The van der Waals surface area contributed by atoms with E-state index in [9.17, 15) is 9.59 Å². The van der Waals surface area contributed by atoms with Crippen molar-refractivity contribution in [3.8, 4) is 0 Å². The van der Waals surface area contributed by atoms with Crippen molar-refractivity contribution in [3.63, 3.8) is 0 Å². The van der Waals surface area contributed by atoms with Gasteiger partial charge < -0.3 is 10.6 Å². The van der Waals surface area contributed by atoms with E-state index in [1.54, 1.807) is 24.3 Å². The molecule has 98 valence electrons. The van der Waals surface area contributed by atoms with Crippen molar-refractivity contribution >= 4 is 17.5 Å². The number of carbonyl (C=O) groups excluding carboxylic acids is 2. The van der Waals surface area contributed by atoms with Gasteiger partial charge in [-0.15, -0.1) is 0 Å². The Bertz CT molecular complexity index is 580. The molecule has 0 unspecified atom stereocenters. The number of nitrogens with zero attached hydrogens (tertiary/aromatic N) is 2. The average Bonchev–Trinajstić information content (AvgIpc) is 2.88. The molecule has 0 bridgehead atoms. The van der Waals surface area contributed by atoms with Crippen molar-refractivity contribution in [1.29, 1.82) is 0 Å². The lowest BCUT2D eigenvalue weighted by atomic mass is 10.2. The van der Waals surface area contributed by atoms with Crippen molar-refractivity contribution in [2.24, 2.45) is 0 Å². The normalized spacial score (nSPS) is 9.95. The number of H-pyrrole nitrogens is 1. The maximum Gasteiger partial charge on any atom is 0.251 e. The Kier molecular flexibility index (Phi) is 3.87. The molecule has 0 saturated heterocycles. The zero-order chi connectivity index (χ0) is 13.7. The van der Waals surface area contributed by atoms with Crippen molar-refractivity contribution < 1.29 is 9.59 Å². The highest BCUT2D eigenvalue weighted by Crippen LogP contribution is 2.10. The van der Waals surface area contributed by atoms with E-state index >= 15 is 0 Å². The number of aromatic nitrogens is 3. The van der Waals surface area contributed by atoms with Crippen LogP contribution in [-0.2, 0) is 11.3 Å². The van der Waals surface area contributed by atoms with Crippen LogP contribution in [0.2, 0.25) is 0 Å². The Hall–Kier alpha value is -2.70. The lowest BCUT2D eigenvalue weighted by molar-refractivity contribution is -0.114. The number of amides is 2. The molecule has 0 radical (unpaired) electrons. The van der Waals surface area contributed by atoms with Crippen LogP contribution in [0.4, 0.5) is 5.69 Å². The molecule has 2 amide bonds. The van der Waals surface area contributed by atoms with Crippen molar-refractivity contribution in [2.45, 2.75) is 13.5 Å². The van der Waals surface area contributed by atoms with Gasteiger partial charge in [0, 0.05) is 18.2 Å². The first-order valence-corrected chi connectivity index (χ1v) is 5.65. The molecular formula is C12H13N5O2. The van der Waals surface area contributed by atoms with Gasteiger partial charge in [-0.2, -0.15) is 5.10 Å². The van der Waals surface area contributed by atoms with E-state index in [4.69, 9.17) is 0 Å². The molecule has 2 aromatic rings. The maximum atomic E-state index is 11.9. The number of carbonyl (C=O) groups is 2. The van der Waals surface area contributed by atoms with Gasteiger partial charge in [0.15, 0.2) is 0 Å². The summed E-state index contributed by atoms with van der Waals surface area (Å²) in [5.41, 5.74) is 1.05. The summed E-state index contributed by atoms with van der Waals surface area (Å²) < 4.78 is 0. The number of anilines is 1. The molecule has 0 fully saturated rings. The minimum atomic E-state index is -0.247. The van der Waals surface area contributed by atoms with Crippen LogP contribution in [0.5, 0.6) is 0 Å². The monoisotopic (exact) mass is 259 g/mol. The largest absolute Gasteiger partial charge is 0.345 e. The topological polar surface area (TPSA) is 99.8 Å². The third-order valence-electron chi connectivity index (χ3n) is 2.33. The Morgan fingerprint density at radius 3 is 2.89 bits per heavy atom. The Labute approximate surface area is 109 Å². The van der Waals surface area contributed by atoms with E-state index in [-0.39, 0.29) is 18.4 Å². The number of aromatic amines is 1. The van der Waals surface area contributed by atoms with Crippen LogP contribution >= 0.6 is 0 Å². The minimum absolute atomic E-state index is 0.181. The maximum absolute atomic E-state index is 11.9. The summed E-state index contributed by atoms with van der Waals surface area (Å²) in [5.74, 6) is 0.147. The Morgan fingerprint density at radius 2 is 2.21 bits per heavy atom. The molecule has 1 aromatic carbocycles. The first kappa shape index (κ1) is 12.7. The molecule has 1 heterocycles. The van der Waals surface area contributed by atoms with Gasteiger partial charge in [0.1, 0.15) is 12.2 Å². The van der Waals surface area contributed by atoms with Gasteiger partial charge in [0.2, 0.25) is 5.91 Å². The Balaban J connectivity index is 2.00. The predicted molar refractivity (Wildman–Crippen MR) is 68.3 cm³/mol. The highest BCUT2D eigenvalue weighted by Gasteiger charge is 2.07. The number of hydrogen-bond donors (Lipinski definition) is 3. The average molecular weight is 259 g/mol. The molecule has 0 aliphatic rings. The van der Waals surface area contributed by atoms with Gasteiger partial charge in [-0.25, -0.2) is 4.98 Å². The fraction of sp³-hybridized carbons (Fsp3) is 0.167. The molecule has 7 heteroatoms. The first-order valence-electron chi connectivity index (χ1n) is 5.65. The number of benzene rings is 1. The summed E-state index contributed by atoms with van der Waals surface area (Å²) in [4.78, 5) is 26.7. The van der Waals surface area contributed by atoms with Gasteiger partial charge >= 0.3 is 0 Å². The molecule has 19 heavy (non-hydrogen) atoms. The third-order valence-corrected chi connectivity index (χ3v) is 2.33. The van der Waals surface area contributed by atoms with E-state index in [1.807, 2.05) is 0 Å². The summed E-state index contributed by atoms with van der Waals surface area (Å²) in [6.45, 7) is 1.68. The second kappa shape index (κ2) is 5.76. The quantitative estimate of drug-likeness (QED) is 0.752. The summed E-state index contributed by atoms with van der Waals surface area (Å²) in [5, 5.41) is 11.7. The van der Waals surface area contributed by atoms with Crippen LogP contribution in [0.1, 0.15) is 23.1 Å². The van der Waals surface area contributed by atoms with Crippen LogP contribution in [0.25, 0.3) is 0 Å². The standard InChI is InChI=1S/C12H13N5O2/c1-8(18)16-10-4-2-3-9(5-10)12(19)13-6-11-14-7-15-17-11/h2-5,7H,6H2,1H3,(H,13,19)(H,16,18)(H,14,15,17). The van der Waals surface area contributed by atoms with Crippen LogP contribution in [0.15, 0.2) is 30.6 Å². The zero-order valence-corrected chi connectivity index (χ0v) is 10.3. The van der Waals surface area contributed by atoms with Crippen LogP contribution < -0.4 is 10.6 Å². The fourth-order valence-corrected chi connectivity index (χ4v) is 1.52. The third kappa shape index (κ3) is 3.63. The van der Waals surface area contributed by atoms with Gasteiger partial charge in [0.05, 0.1) is 6.54 Å². The lowest BCUT2D eigenvalue weighted by Crippen LogP contribution is -2.23. The molecule has 1 aromatic heterocycles. The lowest BCUT2D eigenvalue weighted by Gasteiger charge is -2.06. The van der Waals surface area contributed by atoms with E-state index in [2.05, 4.69) is 25.8 Å². The molecule has 7 nitrogen and oxygen atoms in total. The highest BCUT2D eigenvalue weighted by molar-refractivity contribution is 5.96. The predicted octanol–water partition coefficient (Wildman–Crippen LogP) is 0.693. The second-order valence-corrected chi connectivity index (χ2v) is 3.88. The van der Waals surface area contributed by atoms with Crippen LogP contribution in [0.3, 0.4) is 0 Å². The molecular weight excluding hydrogens is 246 g/mol. The van der Waals surface area contributed by atoms with Crippen LogP contribution in [-0.4, -0.2) is 27.0 Å². The summed E-state index contributed by atoms with van der Waals surface area (Å²) in [7, 11) is 0. The molecule has 0 aliphatic carbocycles. The summed E-state index contributed by atoms with van der Waals surface area (Å²) in [6.07, 6.45) is 1.37. The number of hydrogen-bond acceptors (Lipinski definition) is 4. The van der Waals surface area contributed by atoms with Crippen molar-refractivity contribution in [3.05, 3.63) is 42.0 Å². The van der Waals surface area contributed by atoms with E-state index in [0.29, 0.717) is 17.1 Å². The molecule has 2 rings (SSSR count). The van der Waals surface area contributed by atoms with Crippen LogP contribution in [0, 0.1) is 0 Å². The smallest absolute Gasteiger partial charge is 0.251 e. The fourth-order valence-electron chi connectivity index (χ4n) is 1.52. The molecule has 3 N–H and O–H groups in total. The first-order chi connectivity index (χ1) is 9.15. The van der Waals surface area contributed by atoms with Crippen molar-refractivity contribution in [2.75, 3.05) is 5.32 Å². The second-order valence-electron chi connectivity index (χ2n) is 3.88. The van der Waals surface area contributed by atoms with Gasteiger partial charge in [-0.3, -0.25) is 14.7 Å². The zero-order valence-electron chi connectivity index (χ0n) is 10.3. The minimum Gasteiger partial charge on any atom is -0.345 e. The summed E-state index contributed by atoms with van der Waals surface area (Å²) in [6, 6.07) is 6.70. The van der Waals surface area contributed by atoms with Gasteiger partial charge in [0.25, 0.3) is 5.91 Å². The summed E-state index contributed by atoms with van der Waals surface area (Å²) >= 11 is 0. The number of rotatable bonds is 4.